The van der Waals surface area contributed by atoms with Gasteiger partial charge in [0, 0.05) is 152 Å². The summed E-state index contributed by atoms with van der Waals surface area (Å²) in [5.41, 5.74) is 15.3. The highest BCUT2D eigenvalue weighted by atomic mass is 19.4. The highest BCUT2D eigenvalue weighted by Gasteiger charge is 2.39. The van der Waals surface area contributed by atoms with E-state index in [2.05, 4.69) is 99.8 Å². The maximum atomic E-state index is 13.7. The molecular weight excluding hydrogens is 1430 g/mol. The number of halogens is 6. The Balaban J connectivity index is 0.000000147. The van der Waals surface area contributed by atoms with E-state index in [0.29, 0.717) is 101 Å². The molecule has 0 amide bonds. The SMILES string of the molecule is CC(C)C[C@H]1CN(c2cncc(C(=O)c3cccnc3N)n2)CCN1.Cc1ncccc1C(=O)c1cc(N2CCNC(c3ccccc3)C2)ccc1C(F)(F)F.Cc1ncccc1C(=O)c1cc(N2CCN[C@@H](CC(C)C)C2)ccc1C(F)(F)F.N#Cc1ccc2c(c1)c(C(=O)c1cccnc1N)nn2C1CCNCC1. The smallest absolute Gasteiger partial charge is 0.383 e. The Labute approximate surface area is 640 Å². The summed E-state index contributed by atoms with van der Waals surface area (Å²) >= 11 is 0. The van der Waals surface area contributed by atoms with E-state index in [1.54, 1.807) is 81.0 Å². The van der Waals surface area contributed by atoms with Gasteiger partial charge in [0.2, 0.25) is 11.6 Å². The summed E-state index contributed by atoms with van der Waals surface area (Å²) in [5.74, 6) is 0.405. The molecule has 0 spiro atoms. The van der Waals surface area contributed by atoms with Gasteiger partial charge < -0.3 is 47.4 Å². The third kappa shape index (κ3) is 20.2. The molecule has 0 aliphatic carbocycles. The van der Waals surface area contributed by atoms with Gasteiger partial charge >= 0.3 is 12.4 Å². The van der Waals surface area contributed by atoms with Crippen molar-refractivity contribution in [3.63, 3.8) is 0 Å². The molecule has 14 rings (SSSR count). The number of rotatable bonds is 17. The second kappa shape index (κ2) is 36.4. The van der Waals surface area contributed by atoms with Gasteiger partial charge in [-0.3, -0.25) is 38.8 Å². The first kappa shape index (κ1) is 80.6. The normalized spacial score (nSPS) is 16.8. The Morgan fingerprint density at radius 2 is 1.04 bits per heavy atom. The zero-order valence-electron chi connectivity index (χ0n) is 62.7. The van der Waals surface area contributed by atoms with Crippen LogP contribution >= 0.6 is 0 Å². The van der Waals surface area contributed by atoms with E-state index in [-0.39, 0.29) is 69.3 Å². The zero-order chi connectivity index (χ0) is 79.1. The van der Waals surface area contributed by atoms with Gasteiger partial charge in [0.1, 0.15) is 28.8 Å². The molecule has 0 bridgehead atoms. The number of ketones is 4. The van der Waals surface area contributed by atoms with E-state index < -0.39 is 35.0 Å². The lowest BCUT2D eigenvalue weighted by Gasteiger charge is -2.36. The highest BCUT2D eigenvalue weighted by Crippen LogP contribution is 2.39. The van der Waals surface area contributed by atoms with Gasteiger partial charge in [-0.05, 0) is 173 Å². The number of nitriles is 1. The number of benzene rings is 4. The van der Waals surface area contributed by atoms with Crippen molar-refractivity contribution in [3.05, 3.63) is 249 Å². The van der Waals surface area contributed by atoms with Crippen LogP contribution in [0.15, 0.2) is 171 Å². The van der Waals surface area contributed by atoms with Gasteiger partial charge in [0.25, 0.3) is 0 Å². The number of aromatic nitrogens is 8. The molecule has 10 heterocycles. The number of nitrogen functional groups attached to an aromatic ring is 2. The number of aryl methyl sites for hydroxylation is 2. The molecule has 22 nitrogen and oxygen atoms in total. The van der Waals surface area contributed by atoms with E-state index in [9.17, 15) is 50.8 Å². The van der Waals surface area contributed by atoms with E-state index in [1.807, 2.05) is 46.0 Å². The lowest BCUT2D eigenvalue weighted by Crippen LogP contribution is -2.51. The number of alkyl halides is 6. The van der Waals surface area contributed by atoms with Gasteiger partial charge in [-0.2, -0.15) is 36.7 Å². The Morgan fingerprint density at radius 3 is 1.55 bits per heavy atom. The number of pyridine rings is 4. The minimum atomic E-state index is -4.63. The average Bonchev–Trinajstić information content (AvgIpc) is 1.72. The summed E-state index contributed by atoms with van der Waals surface area (Å²) in [4.78, 5) is 82.9. The largest absolute Gasteiger partial charge is 0.417 e. The summed E-state index contributed by atoms with van der Waals surface area (Å²) in [6.45, 7) is 20.4. The number of nitrogens with one attached hydrogen (secondary N) is 4. The Morgan fingerprint density at radius 1 is 0.541 bits per heavy atom. The summed E-state index contributed by atoms with van der Waals surface area (Å²) < 4.78 is 83.8. The standard InChI is InChI=1S/C24H22F3N3O.C22H26F3N3O.C19H18N6O.C18H24N6O/c1-16-19(8-5-11-28-16)23(31)20-14-18(9-10-21(20)24(25,26)27)30-13-12-29-22(15-30)17-6-3-2-4-7-17;1-14(2)11-16-13-28(10-9-27-16)17-6-7-20(22(23,24)25)19(12-17)21(29)18-5-4-8-26-15(18)3;20-11-12-3-4-16-15(10-12)17(18(26)14-2-1-7-23-19(14)21)24-25(16)13-5-8-22-9-6-13;1-12(2)8-13-11-24(7-6-21-13)16-10-20-9-15(23-16)17(25)14-4-3-5-22-18(14)19/h2-11,14,22,29H,12-13,15H2,1H3;4-8,12,14,16,27H,9-11,13H2,1-3H3;1-4,7,10,13,22H,5-6,8-9H2,(H2,21,23);3-5,9-10,12-13,21H,6-8,11H2,1-2H3,(H2,19,22)/t;16-;;13-/m.0.0/s1. The predicted octanol–water partition coefficient (Wildman–Crippen LogP) is 12.8. The summed E-state index contributed by atoms with van der Waals surface area (Å²) in [6.07, 6.45) is 4.06. The first-order chi connectivity index (χ1) is 53.2. The first-order valence-corrected chi connectivity index (χ1v) is 37.0. The number of nitrogens with two attached hydrogens (primary N) is 2. The number of nitrogens with zero attached hydrogens (tertiary/aromatic N) is 12. The van der Waals surface area contributed by atoms with Crippen LogP contribution in [0.3, 0.4) is 0 Å². The fraction of sp³-hybridized carbons (Fsp3) is 0.349. The summed E-state index contributed by atoms with van der Waals surface area (Å²) in [6, 6.07) is 38.8. The van der Waals surface area contributed by atoms with Crippen molar-refractivity contribution >= 4 is 62.9 Å². The number of hydrogen-bond donors (Lipinski definition) is 6. The van der Waals surface area contributed by atoms with Crippen molar-refractivity contribution in [2.24, 2.45) is 11.8 Å². The van der Waals surface area contributed by atoms with Crippen LogP contribution in [-0.4, -0.2) is 147 Å². The maximum Gasteiger partial charge on any atom is 0.417 e. The van der Waals surface area contributed by atoms with Gasteiger partial charge in [-0.25, -0.2) is 15.0 Å². The monoisotopic (exact) mass is 1520 g/mol. The second-order valence-corrected chi connectivity index (χ2v) is 28.6. The van der Waals surface area contributed by atoms with Crippen LogP contribution in [0.5, 0.6) is 0 Å². The topological polar surface area (TPSA) is 297 Å². The van der Waals surface area contributed by atoms with Crippen LogP contribution in [-0.2, 0) is 12.4 Å². The molecule has 8 N–H and O–H groups in total. The number of fused-ring (bicyclic) bond motifs is 1. The van der Waals surface area contributed by atoms with Crippen LogP contribution in [0.4, 0.5) is 55.2 Å². The molecule has 10 aromatic rings. The third-order valence-electron chi connectivity index (χ3n) is 19.8. The molecule has 4 aliphatic heterocycles. The van der Waals surface area contributed by atoms with Crippen molar-refractivity contribution in [2.75, 3.05) is 98.2 Å². The Kier molecular flexibility index (Phi) is 26.5. The minimum absolute atomic E-state index is 0.0527. The molecule has 4 fully saturated rings. The number of piperidine rings is 1. The average molecular weight is 1520 g/mol. The van der Waals surface area contributed by atoms with Crippen molar-refractivity contribution in [1.29, 1.82) is 5.26 Å². The van der Waals surface area contributed by atoms with Gasteiger partial charge in [-0.1, -0.05) is 58.0 Å². The molecular formula is C83H90F6N18O4. The summed E-state index contributed by atoms with van der Waals surface area (Å²) in [7, 11) is 0. The fourth-order valence-electron chi connectivity index (χ4n) is 14.3. The van der Waals surface area contributed by atoms with Crippen LogP contribution in [0.2, 0.25) is 0 Å². The van der Waals surface area contributed by atoms with Crippen molar-refractivity contribution in [2.45, 2.75) is 104 Å². The number of piperazine rings is 3. The molecule has 3 atom stereocenters. The van der Waals surface area contributed by atoms with Crippen molar-refractivity contribution < 1.29 is 45.5 Å². The molecule has 4 aromatic carbocycles. The van der Waals surface area contributed by atoms with E-state index in [0.717, 1.165) is 94.0 Å². The number of hydrogen-bond acceptors (Lipinski definition) is 21. The molecule has 4 aliphatic rings. The highest BCUT2D eigenvalue weighted by molar-refractivity contribution is 6.17. The summed E-state index contributed by atoms with van der Waals surface area (Å²) in [5, 5.41) is 28.4. The maximum absolute atomic E-state index is 13.7. The molecule has 28 heteroatoms. The number of carbonyl (C=O) groups is 4. The second-order valence-electron chi connectivity index (χ2n) is 28.6. The van der Waals surface area contributed by atoms with E-state index in [4.69, 9.17) is 11.5 Å². The van der Waals surface area contributed by atoms with Crippen molar-refractivity contribution in [3.8, 4) is 6.07 Å². The van der Waals surface area contributed by atoms with Crippen LogP contribution in [0.25, 0.3) is 10.9 Å². The fourth-order valence-corrected chi connectivity index (χ4v) is 14.3. The number of anilines is 5. The molecule has 0 radical (unpaired) electrons. The van der Waals surface area contributed by atoms with Crippen LogP contribution in [0.1, 0.15) is 163 Å². The van der Waals surface area contributed by atoms with Crippen molar-refractivity contribution in [1.82, 2.24) is 61.0 Å². The Bertz CT molecular complexity index is 4970. The van der Waals surface area contributed by atoms with Gasteiger partial charge in [0.05, 0.1) is 57.8 Å². The van der Waals surface area contributed by atoms with E-state index >= 15 is 0 Å². The van der Waals surface area contributed by atoms with Crippen LogP contribution in [0, 0.1) is 37.0 Å². The lowest BCUT2D eigenvalue weighted by molar-refractivity contribution is -0.138. The van der Waals surface area contributed by atoms with E-state index in [1.165, 1.54) is 55.0 Å². The number of carbonyl (C=O) groups excluding carboxylic acids is 4. The van der Waals surface area contributed by atoms with Gasteiger partial charge in [-0.15, -0.1) is 0 Å². The predicted molar refractivity (Wildman–Crippen MR) is 416 cm³/mol. The lowest BCUT2D eigenvalue weighted by atomic mass is 9.95. The quantitative estimate of drug-likeness (QED) is 0.0365. The van der Waals surface area contributed by atoms with Crippen LogP contribution < -0.4 is 47.4 Å². The molecule has 111 heavy (non-hydrogen) atoms. The van der Waals surface area contributed by atoms with Gasteiger partial charge in [0.15, 0.2) is 11.6 Å². The Hall–Kier alpha value is -11.4. The minimum Gasteiger partial charge on any atom is -0.383 e. The molecule has 578 valence electrons. The zero-order valence-corrected chi connectivity index (χ0v) is 62.7. The molecule has 1 unspecified atom stereocenters. The molecule has 6 aromatic heterocycles. The molecule has 4 saturated heterocycles. The first-order valence-electron chi connectivity index (χ1n) is 37.0. The third-order valence-corrected chi connectivity index (χ3v) is 19.8. The molecule has 0 saturated carbocycles.